The van der Waals surface area contributed by atoms with Crippen molar-refractivity contribution in [3.8, 4) is 0 Å². The number of hydrogen-bond donors (Lipinski definition) is 1. The number of ether oxygens (including phenoxy) is 1. The number of carbonyl (C=O) groups is 1. The molecule has 92 valence electrons. The Morgan fingerprint density at radius 3 is 2.53 bits per heavy atom. The van der Waals surface area contributed by atoms with Gasteiger partial charge < -0.3 is 10.1 Å². The van der Waals surface area contributed by atoms with Crippen molar-refractivity contribution >= 4 is 17.3 Å². The van der Waals surface area contributed by atoms with Gasteiger partial charge in [-0.1, -0.05) is 0 Å². The summed E-state index contributed by atoms with van der Waals surface area (Å²) >= 11 is 0. The van der Waals surface area contributed by atoms with E-state index >= 15 is 0 Å². The van der Waals surface area contributed by atoms with Crippen molar-refractivity contribution < 1.29 is 14.5 Å². The maximum atomic E-state index is 11.3. The van der Waals surface area contributed by atoms with E-state index in [0.29, 0.717) is 12.3 Å². The number of nitro groups is 1. The zero-order valence-corrected chi connectivity index (χ0v) is 9.67. The van der Waals surface area contributed by atoms with Crippen LogP contribution in [0.5, 0.6) is 0 Å². The number of benzene rings is 1. The Kier molecular flexibility index (Phi) is 4.45. The molecule has 0 unspecified atom stereocenters. The summed E-state index contributed by atoms with van der Waals surface area (Å²) in [6.07, 6.45) is 0. The molecule has 0 aliphatic heterocycles. The maximum absolute atomic E-state index is 11.3. The molecule has 0 saturated carbocycles. The zero-order valence-electron chi connectivity index (χ0n) is 9.67. The molecule has 0 spiro atoms. The molecule has 6 nitrogen and oxygen atoms in total. The Labute approximate surface area is 98.7 Å². The third kappa shape index (κ3) is 3.75. The molecule has 0 bridgehead atoms. The van der Waals surface area contributed by atoms with E-state index in [4.69, 9.17) is 4.74 Å². The topological polar surface area (TPSA) is 81.5 Å². The van der Waals surface area contributed by atoms with E-state index in [2.05, 4.69) is 5.32 Å². The van der Waals surface area contributed by atoms with Gasteiger partial charge in [0.15, 0.2) is 0 Å². The van der Waals surface area contributed by atoms with E-state index in [1.807, 2.05) is 0 Å². The fraction of sp³-hybridized carbons (Fsp3) is 0.364. The average Bonchev–Trinajstić information content (AvgIpc) is 2.30. The van der Waals surface area contributed by atoms with Gasteiger partial charge in [0.1, 0.15) is 6.04 Å². The molecule has 0 aromatic heterocycles. The molecule has 0 aliphatic rings. The Morgan fingerprint density at radius 2 is 2.06 bits per heavy atom. The third-order valence-electron chi connectivity index (χ3n) is 2.10. The second-order valence-electron chi connectivity index (χ2n) is 3.42. The minimum atomic E-state index is -0.489. The van der Waals surface area contributed by atoms with Crippen LogP contribution in [0.15, 0.2) is 24.3 Å². The van der Waals surface area contributed by atoms with Gasteiger partial charge in [0.2, 0.25) is 0 Å². The fourth-order valence-corrected chi connectivity index (χ4v) is 1.26. The highest BCUT2D eigenvalue weighted by molar-refractivity contribution is 5.78. The molecule has 6 heteroatoms. The summed E-state index contributed by atoms with van der Waals surface area (Å²) in [6, 6.07) is 5.36. The number of hydrogen-bond acceptors (Lipinski definition) is 5. The standard InChI is InChI=1S/C11H14N2O4/c1-3-17-11(14)8(2)12-9-4-6-10(7-5-9)13(15)16/h4-8,12H,3H2,1-2H3/t8-/m0/s1. The number of esters is 1. The summed E-state index contributed by atoms with van der Waals surface area (Å²) in [4.78, 5) is 21.3. The largest absolute Gasteiger partial charge is 0.464 e. The molecule has 0 saturated heterocycles. The van der Waals surface area contributed by atoms with E-state index in [0.717, 1.165) is 0 Å². The van der Waals surface area contributed by atoms with Gasteiger partial charge in [-0.25, -0.2) is 4.79 Å². The van der Waals surface area contributed by atoms with Crippen molar-refractivity contribution in [2.45, 2.75) is 19.9 Å². The summed E-state index contributed by atoms with van der Waals surface area (Å²) in [7, 11) is 0. The van der Waals surface area contributed by atoms with Crippen LogP contribution in [0.4, 0.5) is 11.4 Å². The van der Waals surface area contributed by atoms with E-state index in [-0.39, 0.29) is 11.7 Å². The lowest BCUT2D eigenvalue weighted by molar-refractivity contribution is -0.384. The van der Waals surface area contributed by atoms with Gasteiger partial charge in [-0.15, -0.1) is 0 Å². The summed E-state index contributed by atoms with van der Waals surface area (Å²) < 4.78 is 4.83. The molecule has 17 heavy (non-hydrogen) atoms. The van der Waals surface area contributed by atoms with Gasteiger partial charge in [0.05, 0.1) is 11.5 Å². The molecule has 1 atom stereocenters. The molecule has 0 amide bonds. The highest BCUT2D eigenvalue weighted by Gasteiger charge is 2.13. The highest BCUT2D eigenvalue weighted by atomic mass is 16.6. The molecular weight excluding hydrogens is 224 g/mol. The summed E-state index contributed by atoms with van der Waals surface area (Å²) in [5, 5.41) is 13.3. The minimum absolute atomic E-state index is 0.0133. The predicted octanol–water partition coefficient (Wildman–Crippen LogP) is 1.96. The lowest BCUT2D eigenvalue weighted by Gasteiger charge is -2.13. The van der Waals surface area contributed by atoms with Gasteiger partial charge in [-0.2, -0.15) is 0 Å². The van der Waals surface area contributed by atoms with Gasteiger partial charge in [0, 0.05) is 17.8 Å². The molecule has 0 fully saturated rings. The summed E-state index contributed by atoms with van der Waals surface area (Å²) in [5.41, 5.74) is 0.649. The smallest absolute Gasteiger partial charge is 0.328 e. The first-order valence-electron chi connectivity index (χ1n) is 5.22. The SMILES string of the molecule is CCOC(=O)[C@H](C)Nc1ccc([N+](=O)[O-])cc1. The first-order chi connectivity index (χ1) is 8.04. The highest BCUT2D eigenvalue weighted by Crippen LogP contribution is 2.16. The van der Waals surface area contributed by atoms with Crippen molar-refractivity contribution in [1.29, 1.82) is 0 Å². The molecule has 1 aromatic rings. The quantitative estimate of drug-likeness (QED) is 0.481. The van der Waals surface area contributed by atoms with E-state index < -0.39 is 11.0 Å². The van der Waals surface area contributed by atoms with Crippen LogP contribution in [0.25, 0.3) is 0 Å². The van der Waals surface area contributed by atoms with Gasteiger partial charge >= 0.3 is 5.97 Å². The average molecular weight is 238 g/mol. The Hall–Kier alpha value is -2.11. The summed E-state index contributed by atoms with van der Waals surface area (Å²) in [5.74, 6) is -0.356. The maximum Gasteiger partial charge on any atom is 0.328 e. The van der Waals surface area contributed by atoms with Crippen LogP contribution in [-0.2, 0) is 9.53 Å². The van der Waals surface area contributed by atoms with E-state index in [9.17, 15) is 14.9 Å². The molecule has 0 heterocycles. The van der Waals surface area contributed by atoms with Crippen LogP contribution in [-0.4, -0.2) is 23.5 Å². The van der Waals surface area contributed by atoms with Crippen LogP contribution in [0.2, 0.25) is 0 Å². The second-order valence-corrected chi connectivity index (χ2v) is 3.42. The van der Waals surface area contributed by atoms with E-state index in [1.165, 1.54) is 12.1 Å². The van der Waals surface area contributed by atoms with Crippen molar-refractivity contribution in [3.05, 3.63) is 34.4 Å². The number of nitrogens with one attached hydrogen (secondary N) is 1. The van der Waals surface area contributed by atoms with Crippen LogP contribution in [0.1, 0.15) is 13.8 Å². The Balaban J connectivity index is 2.63. The molecule has 0 aliphatic carbocycles. The van der Waals surface area contributed by atoms with E-state index in [1.54, 1.807) is 26.0 Å². The molecular formula is C11H14N2O4. The monoisotopic (exact) mass is 238 g/mol. The lowest BCUT2D eigenvalue weighted by Crippen LogP contribution is -2.28. The van der Waals surface area contributed by atoms with Crippen molar-refractivity contribution in [3.63, 3.8) is 0 Å². The Bertz CT molecular complexity index is 402. The number of anilines is 1. The second kappa shape index (κ2) is 5.83. The minimum Gasteiger partial charge on any atom is -0.464 e. The van der Waals surface area contributed by atoms with Crippen LogP contribution >= 0.6 is 0 Å². The molecule has 1 N–H and O–H groups in total. The molecule has 1 aromatic carbocycles. The molecule has 0 radical (unpaired) electrons. The fourth-order valence-electron chi connectivity index (χ4n) is 1.26. The molecule has 1 rings (SSSR count). The Morgan fingerprint density at radius 1 is 1.47 bits per heavy atom. The zero-order chi connectivity index (χ0) is 12.8. The number of nitro benzene ring substituents is 1. The normalized spacial score (nSPS) is 11.6. The van der Waals surface area contributed by atoms with Crippen LogP contribution in [0.3, 0.4) is 0 Å². The number of nitrogens with zero attached hydrogens (tertiary/aromatic N) is 1. The third-order valence-corrected chi connectivity index (χ3v) is 2.10. The van der Waals surface area contributed by atoms with Crippen molar-refractivity contribution in [2.75, 3.05) is 11.9 Å². The van der Waals surface area contributed by atoms with Crippen LogP contribution in [0, 0.1) is 10.1 Å². The summed E-state index contributed by atoms with van der Waals surface area (Å²) in [6.45, 7) is 3.72. The van der Waals surface area contributed by atoms with Gasteiger partial charge in [0.25, 0.3) is 5.69 Å². The van der Waals surface area contributed by atoms with Crippen molar-refractivity contribution in [2.24, 2.45) is 0 Å². The number of non-ortho nitro benzene ring substituents is 1. The van der Waals surface area contributed by atoms with Crippen molar-refractivity contribution in [1.82, 2.24) is 0 Å². The predicted molar refractivity (Wildman–Crippen MR) is 62.8 cm³/mol. The lowest BCUT2D eigenvalue weighted by atomic mass is 10.2. The van der Waals surface area contributed by atoms with Crippen LogP contribution < -0.4 is 5.32 Å². The van der Waals surface area contributed by atoms with Gasteiger partial charge in [-0.3, -0.25) is 10.1 Å². The first-order valence-corrected chi connectivity index (χ1v) is 5.22. The number of rotatable bonds is 5. The first kappa shape index (κ1) is 13.0. The van der Waals surface area contributed by atoms with Gasteiger partial charge in [-0.05, 0) is 26.0 Å². The number of carbonyl (C=O) groups excluding carboxylic acids is 1.